The standard InChI is InChI=1S/C27H34FN3O3/c1-27(2,3)34-26(33)29-17-14-22(15-18-29)31-24-13-5-4-12-23(24)30(25(31)32)16-7-6-9-20-10-8-11-21(28)19-20/h4-5,8,10-13,19,22H,6-7,9,14-18H2,1-3H3. The lowest BCUT2D eigenvalue weighted by atomic mass is 10.0. The molecule has 6 nitrogen and oxygen atoms in total. The van der Waals surface area contributed by atoms with Crippen LogP contribution in [0, 0.1) is 5.82 Å². The Morgan fingerprint density at radius 1 is 1.03 bits per heavy atom. The van der Waals surface area contributed by atoms with Crippen molar-refractivity contribution in [3.05, 3.63) is 70.4 Å². The monoisotopic (exact) mass is 467 g/mol. The Morgan fingerprint density at radius 3 is 2.41 bits per heavy atom. The molecule has 7 heteroatoms. The highest BCUT2D eigenvalue weighted by Gasteiger charge is 2.29. The molecule has 1 aliphatic rings. The van der Waals surface area contributed by atoms with E-state index in [1.54, 1.807) is 17.0 Å². The number of amides is 1. The third-order valence-electron chi connectivity index (χ3n) is 6.34. The van der Waals surface area contributed by atoms with Gasteiger partial charge in [-0.15, -0.1) is 0 Å². The fraction of sp³-hybridized carbons (Fsp3) is 0.481. The van der Waals surface area contributed by atoms with Crippen molar-refractivity contribution in [2.45, 2.75) is 71.1 Å². The minimum Gasteiger partial charge on any atom is -0.444 e. The molecule has 34 heavy (non-hydrogen) atoms. The van der Waals surface area contributed by atoms with E-state index >= 15 is 0 Å². The number of aryl methyl sites for hydroxylation is 2. The van der Waals surface area contributed by atoms with Gasteiger partial charge in [0.05, 0.1) is 11.0 Å². The van der Waals surface area contributed by atoms with Gasteiger partial charge >= 0.3 is 11.8 Å². The lowest BCUT2D eigenvalue weighted by Crippen LogP contribution is -2.43. The molecule has 0 aliphatic carbocycles. The number of unbranched alkanes of at least 4 members (excludes halogenated alkanes) is 1. The number of carbonyl (C=O) groups excluding carboxylic acids is 1. The van der Waals surface area contributed by atoms with Crippen molar-refractivity contribution in [1.82, 2.24) is 14.0 Å². The zero-order valence-electron chi connectivity index (χ0n) is 20.3. The number of hydrogen-bond acceptors (Lipinski definition) is 3. The number of imidazole rings is 1. The van der Waals surface area contributed by atoms with Gasteiger partial charge in [0.1, 0.15) is 11.4 Å². The quantitative estimate of drug-likeness (QED) is 0.448. The molecule has 2 heterocycles. The fourth-order valence-corrected chi connectivity index (χ4v) is 4.73. The number of para-hydroxylation sites is 2. The topological polar surface area (TPSA) is 56.5 Å². The molecule has 0 radical (unpaired) electrons. The molecule has 0 spiro atoms. The van der Waals surface area contributed by atoms with Crippen molar-refractivity contribution in [2.24, 2.45) is 0 Å². The van der Waals surface area contributed by atoms with Crippen LogP contribution in [0.4, 0.5) is 9.18 Å². The van der Waals surface area contributed by atoms with Crippen LogP contribution in [0.5, 0.6) is 0 Å². The van der Waals surface area contributed by atoms with Crippen molar-refractivity contribution in [3.8, 4) is 0 Å². The SMILES string of the molecule is CC(C)(C)OC(=O)N1CCC(n2c(=O)n(CCCCc3cccc(F)c3)c3ccccc32)CC1. The summed E-state index contributed by atoms with van der Waals surface area (Å²) >= 11 is 0. The second-order valence-corrected chi connectivity index (χ2v) is 10.1. The molecule has 3 aromatic rings. The summed E-state index contributed by atoms with van der Waals surface area (Å²) in [5, 5.41) is 0. The molecule has 1 amide bonds. The maximum absolute atomic E-state index is 13.5. The smallest absolute Gasteiger partial charge is 0.410 e. The number of halogens is 1. The first-order chi connectivity index (χ1) is 16.2. The Labute approximate surface area is 199 Å². The maximum Gasteiger partial charge on any atom is 0.410 e. The molecule has 1 aromatic heterocycles. The molecular weight excluding hydrogens is 433 g/mol. The minimum absolute atomic E-state index is 0.00248. The van der Waals surface area contributed by atoms with E-state index in [1.807, 2.05) is 60.2 Å². The number of nitrogens with zero attached hydrogens (tertiary/aromatic N) is 3. The maximum atomic E-state index is 13.5. The van der Waals surface area contributed by atoms with Gasteiger partial charge in [-0.3, -0.25) is 9.13 Å². The van der Waals surface area contributed by atoms with E-state index in [1.165, 1.54) is 6.07 Å². The van der Waals surface area contributed by atoms with Gasteiger partial charge in [0.15, 0.2) is 0 Å². The molecule has 1 saturated heterocycles. The first-order valence-corrected chi connectivity index (χ1v) is 12.1. The van der Waals surface area contributed by atoms with E-state index in [0.717, 1.165) is 35.9 Å². The van der Waals surface area contributed by atoms with Crippen molar-refractivity contribution < 1.29 is 13.9 Å². The van der Waals surface area contributed by atoms with Gasteiger partial charge < -0.3 is 9.64 Å². The number of rotatable bonds is 6. The van der Waals surface area contributed by atoms with Crippen LogP contribution >= 0.6 is 0 Å². The summed E-state index contributed by atoms with van der Waals surface area (Å²) < 4.78 is 22.7. The summed E-state index contributed by atoms with van der Waals surface area (Å²) in [6.45, 7) is 7.36. The predicted octanol–water partition coefficient (Wildman–Crippen LogP) is 5.54. The van der Waals surface area contributed by atoms with Gasteiger partial charge in [-0.05, 0) is 82.7 Å². The van der Waals surface area contributed by atoms with Crippen LogP contribution < -0.4 is 5.69 Å². The van der Waals surface area contributed by atoms with Crippen LogP contribution in [-0.2, 0) is 17.7 Å². The largest absolute Gasteiger partial charge is 0.444 e. The van der Waals surface area contributed by atoms with Gasteiger partial charge in [-0.25, -0.2) is 14.0 Å². The highest BCUT2D eigenvalue weighted by Crippen LogP contribution is 2.27. The van der Waals surface area contributed by atoms with E-state index in [2.05, 4.69) is 0 Å². The first-order valence-electron chi connectivity index (χ1n) is 12.1. The fourth-order valence-electron chi connectivity index (χ4n) is 4.73. The van der Waals surface area contributed by atoms with E-state index < -0.39 is 5.60 Å². The molecule has 2 aromatic carbocycles. The van der Waals surface area contributed by atoms with Crippen LogP contribution in [0.1, 0.15) is 58.1 Å². The molecular formula is C27H34FN3O3. The van der Waals surface area contributed by atoms with Gasteiger partial charge in [0.25, 0.3) is 0 Å². The molecule has 0 saturated carbocycles. The van der Waals surface area contributed by atoms with E-state index in [0.29, 0.717) is 32.5 Å². The van der Waals surface area contributed by atoms with Crippen LogP contribution in [0.25, 0.3) is 11.0 Å². The summed E-state index contributed by atoms with van der Waals surface area (Å²) in [6, 6.07) is 14.7. The normalized spacial score (nSPS) is 15.1. The first kappa shape index (κ1) is 24.0. The average Bonchev–Trinajstić information content (AvgIpc) is 3.07. The Morgan fingerprint density at radius 2 is 1.74 bits per heavy atom. The van der Waals surface area contributed by atoms with Crippen LogP contribution in [0.3, 0.4) is 0 Å². The second kappa shape index (κ2) is 10.0. The Hall–Kier alpha value is -3.09. The molecule has 1 fully saturated rings. The number of fused-ring (bicyclic) bond motifs is 1. The third kappa shape index (κ3) is 5.51. The number of carbonyl (C=O) groups is 1. The van der Waals surface area contributed by atoms with E-state index in [4.69, 9.17) is 4.74 Å². The molecule has 0 bridgehead atoms. The van der Waals surface area contributed by atoms with Crippen molar-refractivity contribution in [2.75, 3.05) is 13.1 Å². The summed E-state index contributed by atoms with van der Waals surface area (Å²) in [6.07, 6.45) is 3.64. The number of hydrogen-bond donors (Lipinski definition) is 0. The molecule has 0 atom stereocenters. The highest BCUT2D eigenvalue weighted by molar-refractivity contribution is 5.76. The summed E-state index contributed by atoms with van der Waals surface area (Å²) in [7, 11) is 0. The third-order valence-corrected chi connectivity index (χ3v) is 6.34. The van der Waals surface area contributed by atoms with Gasteiger partial charge in [-0.1, -0.05) is 24.3 Å². The summed E-state index contributed by atoms with van der Waals surface area (Å²) in [4.78, 5) is 27.6. The van der Waals surface area contributed by atoms with Gasteiger partial charge in [0.2, 0.25) is 0 Å². The van der Waals surface area contributed by atoms with Crippen LogP contribution in [0.15, 0.2) is 53.3 Å². The number of aromatic nitrogens is 2. The van der Waals surface area contributed by atoms with E-state index in [9.17, 15) is 14.0 Å². The van der Waals surface area contributed by atoms with Crippen molar-refractivity contribution >= 4 is 17.1 Å². The predicted molar refractivity (Wildman–Crippen MR) is 132 cm³/mol. The second-order valence-electron chi connectivity index (χ2n) is 10.1. The minimum atomic E-state index is -0.521. The molecule has 1 aliphatic heterocycles. The number of ether oxygens (including phenoxy) is 1. The Kier molecular flexibility index (Phi) is 7.10. The number of benzene rings is 2. The Balaban J connectivity index is 1.44. The zero-order valence-corrected chi connectivity index (χ0v) is 20.3. The van der Waals surface area contributed by atoms with Crippen molar-refractivity contribution in [3.63, 3.8) is 0 Å². The van der Waals surface area contributed by atoms with Crippen molar-refractivity contribution in [1.29, 1.82) is 0 Å². The summed E-state index contributed by atoms with van der Waals surface area (Å²) in [5.74, 6) is -0.213. The Bertz CT molecular complexity index is 1200. The lowest BCUT2D eigenvalue weighted by molar-refractivity contribution is 0.0188. The van der Waals surface area contributed by atoms with Crippen LogP contribution in [0.2, 0.25) is 0 Å². The molecule has 182 valence electrons. The average molecular weight is 468 g/mol. The molecule has 0 N–H and O–H groups in total. The number of piperidine rings is 1. The zero-order chi connectivity index (χ0) is 24.3. The highest BCUT2D eigenvalue weighted by atomic mass is 19.1. The number of likely N-dealkylation sites (tertiary alicyclic amines) is 1. The molecule has 4 rings (SSSR count). The van der Waals surface area contributed by atoms with Crippen LogP contribution in [-0.4, -0.2) is 38.8 Å². The summed E-state index contributed by atoms with van der Waals surface area (Å²) in [5.41, 5.74) is 2.34. The van der Waals surface area contributed by atoms with E-state index in [-0.39, 0.29) is 23.6 Å². The molecule has 0 unspecified atom stereocenters. The lowest BCUT2D eigenvalue weighted by Gasteiger charge is -2.33. The van der Waals surface area contributed by atoms with Gasteiger partial charge in [-0.2, -0.15) is 0 Å². The van der Waals surface area contributed by atoms with Gasteiger partial charge in [0, 0.05) is 25.7 Å².